The van der Waals surface area contributed by atoms with E-state index >= 15 is 0 Å². The van der Waals surface area contributed by atoms with E-state index in [-0.39, 0.29) is 19.3 Å². The molecule has 0 heterocycles. The monoisotopic (exact) mass is 187 g/mol. The number of hydrogen-bond donors (Lipinski definition) is 3. The zero-order valence-electron chi connectivity index (χ0n) is 8.21. The first-order valence-electron chi connectivity index (χ1n) is 5.33. The van der Waals surface area contributed by atoms with Gasteiger partial charge in [0.25, 0.3) is 0 Å². The Morgan fingerprint density at radius 1 is 1.15 bits per heavy atom. The van der Waals surface area contributed by atoms with Gasteiger partial charge in [-0.05, 0) is 18.8 Å². The smallest absolute Gasteiger partial charge is 0.0587 e. The van der Waals surface area contributed by atoms with Crippen LogP contribution < -0.4 is 5.32 Å². The van der Waals surface area contributed by atoms with Crippen molar-refractivity contribution in [2.45, 2.75) is 38.1 Å². The zero-order chi connectivity index (χ0) is 9.52. The normalized spacial score (nSPS) is 21.7. The molecule has 0 amide bonds. The van der Waals surface area contributed by atoms with Crippen LogP contribution in [-0.4, -0.2) is 36.0 Å². The zero-order valence-corrected chi connectivity index (χ0v) is 8.21. The SMILES string of the molecule is OCCNC(CO)C1CCCCC1. The highest BCUT2D eigenvalue weighted by atomic mass is 16.3. The van der Waals surface area contributed by atoms with Crippen LogP contribution in [-0.2, 0) is 0 Å². The predicted octanol–water partition coefficient (Wildman–Crippen LogP) is 0.509. The Kier molecular flexibility index (Phi) is 5.35. The highest BCUT2D eigenvalue weighted by molar-refractivity contribution is 4.78. The Hall–Kier alpha value is -0.120. The second kappa shape index (κ2) is 6.35. The standard InChI is InChI=1S/C10H21NO2/c12-7-6-11-10(8-13)9-4-2-1-3-5-9/h9-13H,1-8H2. The van der Waals surface area contributed by atoms with Crippen LogP contribution >= 0.6 is 0 Å². The van der Waals surface area contributed by atoms with Crippen LogP contribution in [0.25, 0.3) is 0 Å². The van der Waals surface area contributed by atoms with Gasteiger partial charge in [0.1, 0.15) is 0 Å². The molecule has 1 aliphatic carbocycles. The Morgan fingerprint density at radius 2 is 1.85 bits per heavy atom. The molecule has 0 aliphatic heterocycles. The summed E-state index contributed by atoms with van der Waals surface area (Å²) in [5.41, 5.74) is 0. The van der Waals surface area contributed by atoms with E-state index in [1.807, 2.05) is 0 Å². The molecule has 1 atom stereocenters. The Labute approximate surface area is 80.2 Å². The van der Waals surface area contributed by atoms with Crippen molar-refractivity contribution in [3.05, 3.63) is 0 Å². The molecule has 3 heteroatoms. The molecule has 0 saturated heterocycles. The second-order valence-electron chi connectivity index (χ2n) is 3.86. The minimum absolute atomic E-state index is 0.156. The van der Waals surface area contributed by atoms with Crippen molar-refractivity contribution < 1.29 is 10.2 Å². The van der Waals surface area contributed by atoms with E-state index in [1.54, 1.807) is 0 Å². The number of aliphatic hydroxyl groups is 2. The van der Waals surface area contributed by atoms with Crippen molar-refractivity contribution in [1.82, 2.24) is 5.32 Å². The Morgan fingerprint density at radius 3 is 2.38 bits per heavy atom. The average Bonchev–Trinajstić information content (AvgIpc) is 2.21. The highest BCUT2D eigenvalue weighted by Crippen LogP contribution is 2.26. The average molecular weight is 187 g/mol. The first-order valence-corrected chi connectivity index (χ1v) is 5.33. The summed E-state index contributed by atoms with van der Waals surface area (Å²) in [4.78, 5) is 0. The van der Waals surface area contributed by atoms with Crippen LogP contribution in [0.15, 0.2) is 0 Å². The molecule has 1 fully saturated rings. The van der Waals surface area contributed by atoms with Crippen LogP contribution in [0.5, 0.6) is 0 Å². The van der Waals surface area contributed by atoms with E-state index in [1.165, 1.54) is 32.1 Å². The predicted molar refractivity (Wildman–Crippen MR) is 52.5 cm³/mol. The third-order valence-electron chi connectivity index (χ3n) is 2.93. The van der Waals surface area contributed by atoms with E-state index in [0.29, 0.717) is 12.5 Å². The van der Waals surface area contributed by atoms with E-state index in [0.717, 1.165) is 0 Å². The fourth-order valence-electron chi connectivity index (χ4n) is 2.17. The quantitative estimate of drug-likeness (QED) is 0.588. The lowest BCUT2D eigenvalue weighted by molar-refractivity contribution is 0.163. The molecule has 1 unspecified atom stereocenters. The maximum absolute atomic E-state index is 9.16. The highest BCUT2D eigenvalue weighted by Gasteiger charge is 2.21. The minimum atomic E-state index is 0.156. The molecule has 0 bridgehead atoms. The lowest BCUT2D eigenvalue weighted by Gasteiger charge is -2.29. The lowest BCUT2D eigenvalue weighted by Crippen LogP contribution is -2.41. The van der Waals surface area contributed by atoms with Crippen LogP contribution in [0.1, 0.15) is 32.1 Å². The van der Waals surface area contributed by atoms with Gasteiger partial charge >= 0.3 is 0 Å². The van der Waals surface area contributed by atoms with Crippen molar-refractivity contribution in [3.63, 3.8) is 0 Å². The summed E-state index contributed by atoms with van der Waals surface area (Å²) in [5, 5.41) is 21.0. The Bertz CT molecular complexity index is 124. The maximum atomic E-state index is 9.16. The molecule has 1 saturated carbocycles. The summed E-state index contributed by atoms with van der Waals surface area (Å²) < 4.78 is 0. The van der Waals surface area contributed by atoms with E-state index in [4.69, 9.17) is 10.2 Å². The van der Waals surface area contributed by atoms with E-state index in [9.17, 15) is 0 Å². The van der Waals surface area contributed by atoms with Crippen LogP contribution in [0, 0.1) is 5.92 Å². The summed E-state index contributed by atoms with van der Waals surface area (Å²) in [6.45, 7) is 0.954. The molecule has 3 N–H and O–H groups in total. The summed E-state index contributed by atoms with van der Waals surface area (Å²) >= 11 is 0. The molecule has 0 spiro atoms. The van der Waals surface area contributed by atoms with Gasteiger partial charge in [0.15, 0.2) is 0 Å². The molecule has 0 radical (unpaired) electrons. The summed E-state index contributed by atoms with van der Waals surface area (Å²) in [6, 6.07) is 0.201. The summed E-state index contributed by atoms with van der Waals surface area (Å²) in [6.07, 6.45) is 6.38. The second-order valence-corrected chi connectivity index (χ2v) is 3.86. The lowest BCUT2D eigenvalue weighted by atomic mass is 9.84. The molecular weight excluding hydrogens is 166 g/mol. The third kappa shape index (κ3) is 3.63. The Balaban J connectivity index is 2.26. The summed E-state index contributed by atoms with van der Waals surface area (Å²) in [7, 11) is 0. The van der Waals surface area contributed by atoms with Crippen LogP contribution in [0.3, 0.4) is 0 Å². The number of rotatable bonds is 5. The molecule has 13 heavy (non-hydrogen) atoms. The molecule has 78 valence electrons. The van der Waals surface area contributed by atoms with Gasteiger partial charge in [0.2, 0.25) is 0 Å². The molecule has 3 nitrogen and oxygen atoms in total. The first kappa shape index (κ1) is 11.0. The van der Waals surface area contributed by atoms with Gasteiger partial charge in [-0.2, -0.15) is 0 Å². The van der Waals surface area contributed by atoms with E-state index in [2.05, 4.69) is 5.32 Å². The summed E-state index contributed by atoms with van der Waals surface area (Å²) in [5.74, 6) is 0.616. The van der Waals surface area contributed by atoms with Gasteiger partial charge in [-0.15, -0.1) is 0 Å². The van der Waals surface area contributed by atoms with E-state index < -0.39 is 0 Å². The fourth-order valence-corrected chi connectivity index (χ4v) is 2.17. The van der Waals surface area contributed by atoms with Crippen molar-refractivity contribution >= 4 is 0 Å². The topological polar surface area (TPSA) is 52.5 Å². The number of aliphatic hydroxyl groups excluding tert-OH is 2. The van der Waals surface area contributed by atoms with Gasteiger partial charge in [-0.25, -0.2) is 0 Å². The minimum Gasteiger partial charge on any atom is -0.395 e. The van der Waals surface area contributed by atoms with Gasteiger partial charge < -0.3 is 15.5 Å². The molecule has 0 aromatic carbocycles. The largest absolute Gasteiger partial charge is 0.395 e. The first-order chi connectivity index (χ1) is 6.38. The van der Waals surface area contributed by atoms with Gasteiger partial charge in [0, 0.05) is 12.6 Å². The molecule has 0 aromatic rings. The van der Waals surface area contributed by atoms with Gasteiger partial charge in [-0.3, -0.25) is 0 Å². The van der Waals surface area contributed by atoms with Gasteiger partial charge in [0.05, 0.1) is 13.2 Å². The van der Waals surface area contributed by atoms with Crippen molar-refractivity contribution in [1.29, 1.82) is 0 Å². The molecule has 1 rings (SSSR count). The van der Waals surface area contributed by atoms with Crippen molar-refractivity contribution in [3.8, 4) is 0 Å². The third-order valence-corrected chi connectivity index (χ3v) is 2.93. The fraction of sp³-hybridized carbons (Fsp3) is 1.00. The van der Waals surface area contributed by atoms with Crippen molar-refractivity contribution in [2.75, 3.05) is 19.8 Å². The van der Waals surface area contributed by atoms with Crippen LogP contribution in [0.2, 0.25) is 0 Å². The molecule has 0 aromatic heterocycles. The maximum Gasteiger partial charge on any atom is 0.0587 e. The molecule has 1 aliphatic rings. The number of hydrogen-bond acceptors (Lipinski definition) is 3. The molecular formula is C10H21NO2. The number of nitrogens with one attached hydrogen (secondary N) is 1. The van der Waals surface area contributed by atoms with Crippen LogP contribution in [0.4, 0.5) is 0 Å². The van der Waals surface area contributed by atoms with Crippen molar-refractivity contribution in [2.24, 2.45) is 5.92 Å². The van der Waals surface area contributed by atoms with Gasteiger partial charge in [-0.1, -0.05) is 19.3 Å².